The number of nitrogens with one attached hydrogen (secondary N) is 2. The summed E-state index contributed by atoms with van der Waals surface area (Å²) in [4.78, 5) is 0.301. The molecule has 0 saturated carbocycles. The van der Waals surface area contributed by atoms with Crippen molar-refractivity contribution in [2.75, 3.05) is 70.3 Å². The van der Waals surface area contributed by atoms with E-state index in [-0.39, 0.29) is 14.9 Å². The molecule has 0 aromatic heterocycles. The Kier molecular flexibility index (Phi) is 8.44. The molecule has 0 spiro atoms. The Labute approximate surface area is 216 Å². The Hall–Kier alpha value is -2.33. The second-order valence-corrected chi connectivity index (χ2v) is 12.3. The van der Waals surface area contributed by atoms with Crippen molar-refractivity contribution in [2.45, 2.75) is 9.79 Å². The van der Waals surface area contributed by atoms with Crippen molar-refractivity contribution in [1.29, 1.82) is 0 Å². The van der Waals surface area contributed by atoms with Crippen LogP contribution in [0.3, 0.4) is 0 Å². The summed E-state index contributed by atoms with van der Waals surface area (Å²) >= 11 is 5.38. The van der Waals surface area contributed by atoms with Crippen LogP contribution in [-0.2, 0) is 29.5 Å². The molecule has 196 valence electrons. The largest absolute Gasteiger partial charge is 0.495 e. The molecule has 2 saturated heterocycles. The number of thiocarbonyl (C=S) groups is 1. The fourth-order valence-electron chi connectivity index (χ4n) is 3.80. The fraction of sp³-hybridized carbons (Fsp3) is 0.409. The molecule has 2 aromatic rings. The Bertz CT molecular complexity index is 1290. The predicted octanol–water partition coefficient (Wildman–Crippen LogP) is 1.55. The average Bonchev–Trinajstić information content (AvgIpc) is 2.90. The first-order valence-electron chi connectivity index (χ1n) is 11.2. The first-order valence-corrected chi connectivity index (χ1v) is 14.5. The van der Waals surface area contributed by atoms with Gasteiger partial charge >= 0.3 is 0 Å². The van der Waals surface area contributed by atoms with Gasteiger partial charge < -0.3 is 24.8 Å². The topological polar surface area (TPSA) is 127 Å². The molecule has 2 aliphatic heterocycles. The number of anilines is 2. The molecule has 14 heteroatoms. The number of hydrogen-bond donors (Lipinski definition) is 2. The maximum Gasteiger partial charge on any atom is 0.243 e. The van der Waals surface area contributed by atoms with Crippen LogP contribution in [-0.4, -0.2) is 90.3 Å². The van der Waals surface area contributed by atoms with Crippen molar-refractivity contribution in [1.82, 2.24) is 8.61 Å². The Morgan fingerprint density at radius 1 is 0.806 bits per heavy atom. The van der Waals surface area contributed by atoms with Gasteiger partial charge in [0.05, 0.1) is 49.0 Å². The quantitative estimate of drug-likeness (QED) is 0.485. The van der Waals surface area contributed by atoms with Crippen molar-refractivity contribution in [2.24, 2.45) is 0 Å². The van der Waals surface area contributed by atoms with Gasteiger partial charge in [0.25, 0.3) is 0 Å². The van der Waals surface area contributed by atoms with Crippen LogP contribution in [0.15, 0.2) is 52.3 Å². The number of morpholine rings is 2. The third-order valence-electron chi connectivity index (χ3n) is 5.75. The van der Waals surface area contributed by atoms with Gasteiger partial charge in [-0.25, -0.2) is 16.8 Å². The molecule has 2 N–H and O–H groups in total. The Morgan fingerprint density at radius 3 is 1.83 bits per heavy atom. The number of hydrogen-bond acceptors (Lipinski definition) is 8. The minimum atomic E-state index is -3.68. The summed E-state index contributed by atoms with van der Waals surface area (Å²) in [5, 5.41) is 6.21. The lowest BCUT2D eigenvalue weighted by atomic mass is 10.3. The minimum absolute atomic E-state index is 0.114. The molecule has 2 aliphatic rings. The van der Waals surface area contributed by atoms with E-state index in [2.05, 4.69) is 10.6 Å². The van der Waals surface area contributed by atoms with Gasteiger partial charge in [0.1, 0.15) is 5.75 Å². The van der Waals surface area contributed by atoms with Crippen LogP contribution in [0.2, 0.25) is 0 Å². The molecule has 0 amide bonds. The summed E-state index contributed by atoms with van der Waals surface area (Å²) in [5.41, 5.74) is 1.06. The van der Waals surface area contributed by atoms with E-state index in [1.807, 2.05) is 0 Å². The predicted molar refractivity (Wildman–Crippen MR) is 138 cm³/mol. The molecule has 4 rings (SSSR count). The normalized spacial score (nSPS) is 17.9. The second-order valence-electron chi connectivity index (χ2n) is 8.00. The highest BCUT2D eigenvalue weighted by Crippen LogP contribution is 2.30. The van der Waals surface area contributed by atoms with E-state index in [0.717, 1.165) is 0 Å². The highest BCUT2D eigenvalue weighted by atomic mass is 32.2. The van der Waals surface area contributed by atoms with E-state index >= 15 is 0 Å². The molecule has 0 atom stereocenters. The first kappa shape index (κ1) is 26.7. The monoisotopic (exact) mass is 556 g/mol. The van der Waals surface area contributed by atoms with Crippen LogP contribution in [0.25, 0.3) is 0 Å². The van der Waals surface area contributed by atoms with E-state index in [4.69, 9.17) is 26.4 Å². The smallest absolute Gasteiger partial charge is 0.243 e. The van der Waals surface area contributed by atoms with Gasteiger partial charge in [-0.3, -0.25) is 0 Å². The lowest BCUT2D eigenvalue weighted by Gasteiger charge is -2.26. The van der Waals surface area contributed by atoms with Crippen molar-refractivity contribution in [3.8, 4) is 5.75 Å². The van der Waals surface area contributed by atoms with Crippen molar-refractivity contribution < 1.29 is 31.0 Å². The summed E-state index contributed by atoms with van der Waals surface area (Å²) in [6.07, 6.45) is 0. The van der Waals surface area contributed by atoms with Crippen molar-refractivity contribution >= 4 is 48.8 Å². The third kappa shape index (κ3) is 5.96. The number of sulfonamides is 2. The molecular weight excluding hydrogens is 528 g/mol. The third-order valence-corrected chi connectivity index (χ3v) is 9.76. The lowest BCUT2D eigenvalue weighted by Crippen LogP contribution is -2.40. The minimum Gasteiger partial charge on any atom is -0.495 e. The van der Waals surface area contributed by atoms with Gasteiger partial charge in [0.15, 0.2) is 5.11 Å². The van der Waals surface area contributed by atoms with E-state index in [1.54, 1.807) is 18.2 Å². The summed E-state index contributed by atoms with van der Waals surface area (Å²) in [7, 11) is -5.82. The summed E-state index contributed by atoms with van der Waals surface area (Å²) < 4.78 is 70.1. The van der Waals surface area contributed by atoms with E-state index in [0.29, 0.717) is 69.7 Å². The summed E-state index contributed by atoms with van der Waals surface area (Å²) in [6, 6.07) is 10.8. The molecule has 2 fully saturated rings. The zero-order valence-electron chi connectivity index (χ0n) is 19.7. The van der Waals surface area contributed by atoms with E-state index in [9.17, 15) is 16.8 Å². The van der Waals surface area contributed by atoms with Gasteiger partial charge in [-0.1, -0.05) is 0 Å². The molecular formula is C22H28N4O7S3. The van der Waals surface area contributed by atoms with Crippen LogP contribution in [0.1, 0.15) is 0 Å². The van der Waals surface area contributed by atoms with Crippen LogP contribution in [0.5, 0.6) is 5.75 Å². The number of benzene rings is 2. The number of ether oxygens (including phenoxy) is 3. The number of rotatable bonds is 7. The summed E-state index contributed by atoms with van der Waals surface area (Å²) in [5.74, 6) is 0.306. The van der Waals surface area contributed by atoms with E-state index < -0.39 is 20.0 Å². The molecule has 0 radical (unpaired) electrons. The SMILES string of the molecule is COc1cc(S(=O)(=O)N2CCOCC2)ccc1NC(=S)Nc1ccc(S(=O)(=O)N2CCOCC2)cc1. The van der Waals surface area contributed by atoms with Crippen molar-refractivity contribution in [3.63, 3.8) is 0 Å². The maximum atomic E-state index is 12.9. The zero-order valence-corrected chi connectivity index (χ0v) is 22.1. The van der Waals surface area contributed by atoms with Crippen LogP contribution >= 0.6 is 12.2 Å². The molecule has 11 nitrogen and oxygen atoms in total. The van der Waals surface area contributed by atoms with E-state index in [1.165, 1.54) is 40.0 Å². The molecule has 0 aliphatic carbocycles. The number of nitrogens with zero attached hydrogens (tertiary/aromatic N) is 2. The van der Waals surface area contributed by atoms with Gasteiger partial charge in [-0.2, -0.15) is 8.61 Å². The van der Waals surface area contributed by atoms with Crippen molar-refractivity contribution in [3.05, 3.63) is 42.5 Å². The van der Waals surface area contributed by atoms with Crippen LogP contribution in [0, 0.1) is 0 Å². The average molecular weight is 557 g/mol. The standard InChI is InChI=1S/C22H28N4O7S3/c1-31-21-16-19(36(29,30)26-10-14-33-15-11-26)6-7-20(21)24-22(34)23-17-2-4-18(5-3-17)35(27,28)25-8-12-32-13-9-25/h2-7,16H,8-15H2,1H3,(H2,23,24,34). The molecule has 36 heavy (non-hydrogen) atoms. The second kappa shape index (κ2) is 11.4. The van der Waals surface area contributed by atoms with Gasteiger partial charge in [0, 0.05) is 37.9 Å². The molecule has 0 unspecified atom stereocenters. The van der Waals surface area contributed by atoms with Crippen LogP contribution < -0.4 is 15.4 Å². The Morgan fingerprint density at radius 2 is 1.31 bits per heavy atom. The highest BCUT2D eigenvalue weighted by Gasteiger charge is 2.28. The van der Waals surface area contributed by atoms with Gasteiger partial charge in [0.2, 0.25) is 20.0 Å². The number of methoxy groups -OCH3 is 1. The fourth-order valence-corrected chi connectivity index (χ4v) is 6.86. The molecule has 0 bridgehead atoms. The molecule has 2 aromatic carbocycles. The van der Waals surface area contributed by atoms with Gasteiger partial charge in [-0.15, -0.1) is 0 Å². The molecule has 2 heterocycles. The lowest BCUT2D eigenvalue weighted by molar-refractivity contribution is 0.0730. The Balaban J connectivity index is 1.42. The van der Waals surface area contributed by atoms with Crippen LogP contribution in [0.4, 0.5) is 11.4 Å². The zero-order chi connectivity index (χ0) is 25.8. The maximum absolute atomic E-state index is 12.9. The van der Waals surface area contributed by atoms with Gasteiger partial charge in [-0.05, 0) is 48.6 Å². The first-order chi connectivity index (χ1) is 17.2. The highest BCUT2D eigenvalue weighted by molar-refractivity contribution is 7.89. The summed E-state index contributed by atoms with van der Waals surface area (Å²) in [6.45, 7) is 2.71.